The molecule has 0 aliphatic heterocycles. The molecule has 0 aromatic heterocycles. The molecule has 154 valence electrons. The minimum absolute atomic E-state index is 0. The van der Waals surface area contributed by atoms with Gasteiger partial charge in [0.1, 0.15) is 5.75 Å². The first-order chi connectivity index (χ1) is 13.2. The number of anilines is 1. The van der Waals surface area contributed by atoms with E-state index in [-0.39, 0.29) is 24.0 Å². The second-order valence-corrected chi connectivity index (χ2v) is 6.00. The summed E-state index contributed by atoms with van der Waals surface area (Å²) >= 11 is 0. The fourth-order valence-corrected chi connectivity index (χ4v) is 2.68. The largest absolute Gasteiger partial charge is 0.497 e. The summed E-state index contributed by atoms with van der Waals surface area (Å²) < 4.78 is 15.8. The van der Waals surface area contributed by atoms with Crippen LogP contribution >= 0.6 is 24.0 Å². The predicted octanol–water partition coefficient (Wildman–Crippen LogP) is 4.34. The molecule has 0 spiro atoms. The normalized spacial score (nSPS) is 10.6. The highest BCUT2D eigenvalue weighted by Crippen LogP contribution is 2.29. The molecule has 2 aromatic rings. The summed E-state index contributed by atoms with van der Waals surface area (Å²) in [7, 11) is 6.69. The standard InChI is InChI=1S/C21H29N3O3.HI/c1-22-21(24-17-10-13-19(26-3)20(15-17)27-4)23-14-6-5-7-16-8-11-18(25-2)12-9-16;/h8-13,15H,5-7,14H2,1-4H3,(H2,22,23,24);1H. The van der Waals surface area contributed by atoms with E-state index in [1.54, 1.807) is 28.4 Å². The van der Waals surface area contributed by atoms with Crippen LogP contribution in [0.25, 0.3) is 0 Å². The van der Waals surface area contributed by atoms with E-state index in [9.17, 15) is 0 Å². The molecule has 0 aliphatic rings. The summed E-state index contributed by atoms with van der Waals surface area (Å²) in [6.45, 7) is 0.850. The Labute approximate surface area is 184 Å². The van der Waals surface area contributed by atoms with Crippen LogP contribution in [0.1, 0.15) is 18.4 Å². The molecular formula is C21H30IN3O3. The Morgan fingerprint density at radius 2 is 1.61 bits per heavy atom. The van der Waals surface area contributed by atoms with Crippen LogP contribution < -0.4 is 24.8 Å². The maximum atomic E-state index is 5.33. The Kier molecular flexibility index (Phi) is 11.2. The Balaban J connectivity index is 0.00000392. The summed E-state index contributed by atoms with van der Waals surface area (Å²) in [5.41, 5.74) is 2.21. The van der Waals surface area contributed by atoms with Gasteiger partial charge in [-0.15, -0.1) is 24.0 Å². The van der Waals surface area contributed by atoms with Crippen LogP contribution in [0.15, 0.2) is 47.5 Å². The average molecular weight is 499 g/mol. The van der Waals surface area contributed by atoms with Crippen molar-refractivity contribution in [3.63, 3.8) is 0 Å². The van der Waals surface area contributed by atoms with Gasteiger partial charge in [0.25, 0.3) is 0 Å². The fourth-order valence-electron chi connectivity index (χ4n) is 2.68. The summed E-state index contributed by atoms with van der Waals surface area (Å²) in [5, 5.41) is 6.60. The molecule has 6 nitrogen and oxygen atoms in total. The third-order valence-electron chi connectivity index (χ3n) is 4.21. The molecule has 0 radical (unpaired) electrons. The zero-order chi connectivity index (χ0) is 19.5. The molecule has 0 atom stereocenters. The van der Waals surface area contributed by atoms with Gasteiger partial charge in [0, 0.05) is 25.3 Å². The van der Waals surface area contributed by atoms with Gasteiger partial charge < -0.3 is 24.8 Å². The van der Waals surface area contributed by atoms with Crippen LogP contribution in [0.3, 0.4) is 0 Å². The van der Waals surface area contributed by atoms with E-state index < -0.39 is 0 Å². The van der Waals surface area contributed by atoms with Crippen LogP contribution in [-0.4, -0.2) is 40.9 Å². The minimum Gasteiger partial charge on any atom is -0.497 e. The first kappa shape index (κ1) is 23.9. The van der Waals surface area contributed by atoms with Crippen molar-refractivity contribution < 1.29 is 14.2 Å². The van der Waals surface area contributed by atoms with Crippen LogP contribution in [0.4, 0.5) is 5.69 Å². The Bertz CT molecular complexity index is 736. The summed E-state index contributed by atoms with van der Waals surface area (Å²) in [4.78, 5) is 4.26. The first-order valence-corrected chi connectivity index (χ1v) is 9.02. The zero-order valence-electron chi connectivity index (χ0n) is 17.0. The Morgan fingerprint density at radius 1 is 0.893 bits per heavy atom. The number of aliphatic imine (C=N–C) groups is 1. The van der Waals surface area contributed by atoms with Gasteiger partial charge in [-0.05, 0) is 49.1 Å². The number of methoxy groups -OCH3 is 3. The molecule has 0 saturated carbocycles. The van der Waals surface area contributed by atoms with Gasteiger partial charge in [0.15, 0.2) is 17.5 Å². The van der Waals surface area contributed by atoms with E-state index in [1.807, 2.05) is 30.3 Å². The second-order valence-electron chi connectivity index (χ2n) is 6.00. The minimum atomic E-state index is 0. The lowest BCUT2D eigenvalue weighted by molar-refractivity contribution is 0.355. The van der Waals surface area contributed by atoms with Crippen LogP contribution in [-0.2, 0) is 6.42 Å². The van der Waals surface area contributed by atoms with Crippen molar-refractivity contribution in [1.29, 1.82) is 0 Å². The maximum absolute atomic E-state index is 5.33. The topological polar surface area (TPSA) is 64.1 Å². The number of benzene rings is 2. The molecule has 0 amide bonds. The lowest BCUT2D eigenvalue weighted by Gasteiger charge is -2.14. The van der Waals surface area contributed by atoms with Crippen molar-refractivity contribution in [3.8, 4) is 17.2 Å². The van der Waals surface area contributed by atoms with Gasteiger partial charge in [-0.3, -0.25) is 4.99 Å². The summed E-state index contributed by atoms with van der Waals surface area (Å²) in [6.07, 6.45) is 3.21. The third-order valence-corrected chi connectivity index (χ3v) is 4.21. The van der Waals surface area contributed by atoms with Crippen molar-refractivity contribution in [3.05, 3.63) is 48.0 Å². The second kappa shape index (κ2) is 13.1. The fraction of sp³-hybridized carbons (Fsp3) is 0.381. The number of nitrogens with zero attached hydrogens (tertiary/aromatic N) is 1. The highest BCUT2D eigenvalue weighted by molar-refractivity contribution is 14.0. The highest BCUT2D eigenvalue weighted by Gasteiger charge is 2.06. The van der Waals surface area contributed by atoms with E-state index in [4.69, 9.17) is 14.2 Å². The van der Waals surface area contributed by atoms with Gasteiger partial charge in [0.05, 0.1) is 21.3 Å². The highest BCUT2D eigenvalue weighted by atomic mass is 127. The molecule has 0 heterocycles. The average Bonchev–Trinajstić information content (AvgIpc) is 2.72. The molecule has 0 saturated heterocycles. The third kappa shape index (κ3) is 7.46. The van der Waals surface area contributed by atoms with E-state index in [0.717, 1.165) is 43.2 Å². The quantitative estimate of drug-likeness (QED) is 0.233. The van der Waals surface area contributed by atoms with Crippen molar-refractivity contribution in [1.82, 2.24) is 5.32 Å². The van der Waals surface area contributed by atoms with Gasteiger partial charge in [-0.25, -0.2) is 0 Å². The number of aryl methyl sites for hydroxylation is 1. The van der Waals surface area contributed by atoms with Crippen molar-refractivity contribution in [2.24, 2.45) is 4.99 Å². The van der Waals surface area contributed by atoms with E-state index in [2.05, 4.69) is 27.8 Å². The molecule has 0 aliphatic carbocycles. The number of halogens is 1. The number of ether oxygens (including phenoxy) is 3. The van der Waals surface area contributed by atoms with Gasteiger partial charge >= 0.3 is 0 Å². The molecule has 0 fully saturated rings. The van der Waals surface area contributed by atoms with E-state index >= 15 is 0 Å². The number of nitrogens with one attached hydrogen (secondary N) is 2. The summed E-state index contributed by atoms with van der Waals surface area (Å²) in [5.74, 6) is 3.00. The summed E-state index contributed by atoms with van der Waals surface area (Å²) in [6, 6.07) is 13.9. The zero-order valence-corrected chi connectivity index (χ0v) is 19.3. The van der Waals surface area contributed by atoms with Gasteiger partial charge in [-0.1, -0.05) is 12.1 Å². The number of unbranched alkanes of at least 4 members (excludes halogenated alkanes) is 1. The number of guanidine groups is 1. The molecule has 0 unspecified atom stereocenters. The monoisotopic (exact) mass is 499 g/mol. The molecule has 0 bridgehead atoms. The lowest BCUT2D eigenvalue weighted by Crippen LogP contribution is -2.31. The molecular weight excluding hydrogens is 469 g/mol. The van der Waals surface area contributed by atoms with Gasteiger partial charge in [-0.2, -0.15) is 0 Å². The van der Waals surface area contributed by atoms with E-state index in [0.29, 0.717) is 11.5 Å². The molecule has 7 heteroatoms. The van der Waals surface area contributed by atoms with Crippen molar-refractivity contribution >= 4 is 35.6 Å². The molecule has 28 heavy (non-hydrogen) atoms. The lowest BCUT2D eigenvalue weighted by atomic mass is 10.1. The number of hydrogen-bond acceptors (Lipinski definition) is 4. The Morgan fingerprint density at radius 3 is 2.21 bits per heavy atom. The Hall–Kier alpha value is -2.16. The van der Waals surface area contributed by atoms with Crippen molar-refractivity contribution in [2.45, 2.75) is 19.3 Å². The molecule has 2 rings (SSSR count). The predicted molar refractivity (Wildman–Crippen MR) is 126 cm³/mol. The van der Waals surface area contributed by atoms with E-state index in [1.165, 1.54) is 5.56 Å². The molecule has 2 N–H and O–H groups in total. The number of hydrogen-bond donors (Lipinski definition) is 2. The molecule has 2 aromatic carbocycles. The van der Waals surface area contributed by atoms with Crippen LogP contribution in [0.5, 0.6) is 17.2 Å². The van der Waals surface area contributed by atoms with Crippen LogP contribution in [0.2, 0.25) is 0 Å². The van der Waals surface area contributed by atoms with Crippen molar-refractivity contribution in [2.75, 3.05) is 40.2 Å². The number of rotatable bonds is 9. The maximum Gasteiger partial charge on any atom is 0.195 e. The smallest absolute Gasteiger partial charge is 0.195 e. The van der Waals surface area contributed by atoms with Crippen LogP contribution in [0, 0.1) is 0 Å². The van der Waals surface area contributed by atoms with Gasteiger partial charge in [0.2, 0.25) is 0 Å². The first-order valence-electron chi connectivity index (χ1n) is 9.02. The SMILES string of the molecule is CN=C(NCCCCc1ccc(OC)cc1)Nc1ccc(OC)c(OC)c1.I.